The fourth-order valence-corrected chi connectivity index (χ4v) is 4.17. The summed E-state index contributed by atoms with van der Waals surface area (Å²) in [5.74, 6) is 1.28. The Morgan fingerprint density at radius 3 is 2.35 bits per heavy atom. The number of hydrogen-bond donors (Lipinski definition) is 0. The van der Waals surface area contributed by atoms with Crippen LogP contribution in [0.25, 0.3) is 10.2 Å². The first-order chi connectivity index (χ1) is 14.4. The van der Waals surface area contributed by atoms with E-state index in [-0.39, 0.29) is 24.9 Å². The summed E-state index contributed by atoms with van der Waals surface area (Å²) in [4.78, 5) is 21.8. The number of carbonyl (C=O) groups excluding carboxylic acids is 1. The van der Waals surface area contributed by atoms with E-state index >= 15 is 0 Å². The van der Waals surface area contributed by atoms with E-state index in [4.69, 9.17) is 14.5 Å². The smallest absolute Gasteiger partial charge is 0.266 e. The molecule has 1 amide bonds. The summed E-state index contributed by atoms with van der Waals surface area (Å²) >= 11 is 1.55. The fraction of sp³-hybridized carbons (Fsp3) is 0.391. The van der Waals surface area contributed by atoms with Crippen LogP contribution in [0, 0.1) is 13.8 Å². The lowest BCUT2D eigenvalue weighted by molar-refractivity contribution is -0.120. The van der Waals surface area contributed by atoms with Gasteiger partial charge in [0.2, 0.25) is 0 Å². The molecular formula is C23H30ClN3O3S. The highest BCUT2D eigenvalue weighted by Gasteiger charge is 2.21. The number of rotatable bonds is 9. The van der Waals surface area contributed by atoms with Crippen molar-refractivity contribution in [2.75, 3.05) is 45.8 Å². The summed E-state index contributed by atoms with van der Waals surface area (Å²) in [7, 11) is 5.68. The number of methoxy groups -OCH3 is 1. The van der Waals surface area contributed by atoms with Crippen molar-refractivity contribution >= 4 is 45.0 Å². The number of aromatic nitrogens is 1. The zero-order chi connectivity index (χ0) is 21.7. The summed E-state index contributed by atoms with van der Waals surface area (Å²) in [6.45, 7) is 5.61. The number of anilines is 1. The van der Waals surface area contributed by atoms with E-state index in [0.717, 1.165) is 39.6 Å². The average Bonchev–Trinajstić information content (AvgIpc) is 3.17. The topological polar surface area (TPSA) is 54.9 Å². The molecule has 0 saturated heterocycles. The Bertz CT molecular complexity index is 1010. The molecule has 168 valence electrons. The van der Waals surface area contributed by atoms with Crippen LogP contribution in [0.3, 0.4) is 0 Å². The van der Waals surface area contributed by atoms with Gasteiger partial charge >= 0.3 is 0 Å². The molecule has 0 radical (unpaired) electrons. The lowest BCUT2D eigenvalue weighted by Gasteiger charge is -2.21. The predicted molar refractivity (Wildman–Crippen MR) is 130 cm³/mol. The van der Waals surface area contributed by atoms with Crippen molar-refractivity contribution in [2.45, 2.75) is 20.3 Å². The van der Waals surface area contributed by atoms with Gasteiger partial charge in [0.05, 0.1) is 17.3 Å². The van der Waals surface area contributed by atoms with Gasteiger partial charge in [0.15, 0.2) is 11.7 Å². The lowest BCUT2D eigenvalue weighted by atomic mass is 10.1. The molecule has 3 aromatic rings. The lowest BCUT2D eigenvalue weighted by Crippen LogP contribution is -2.36. The molecule has 0 atom stereocenters. The molecule has 0 unspecified atom stereocenters. The van der Waals surface area contributed by atoms with Crippen molar-refractivity contribution in [2.24, 2.45) is 0 Å². The van der Waals surface area contributed by atoms with Gasteiger partial charge in [-0.2, -0.15) is 0 Å². The first-order valence-corrected chi connectivity index (χ1v) is 10.8. The normalized spacial score (nSPS) is 10.8. The first-order valence-electron chi connectivity index (χ1n) is 9.97. The van der Waals surface area contributed by atoms with Crippen LogP contribution >= 0.6 is 23.7 Å². The number of benzene rings is 2. The molecule has 1 heterocycles. The van der Waals surface area contributed by atoms with Gasteiger partial charge in [0, 0.05) is 6.54 Å². The zero-order valence-electron chi connectivity index (χ0n) is 18.7. The number of carbonyl (C=O) groups is 1. The minimum Gasteiger partial charge on any atom is -0.497 e. The molecule has 2 aromatic carbocycles. The van der Waals surface area contributed by atoms with E-state index in [1.54, 1.807) is 35.5 Å². The molecule has 6 nitrogen and oxygen atoms in total. The van der Waals surface area contributed by atoms with Crippen LogP contribution in [-0.4, -0.2) is 56.7 Å². The minimum atomic E-state index is -0.0991. The summed E-state index contributed by atoms with van der Waals surface area (Å²) in [5.41, 5.74) is 3.33. The molecule has 3 rings (SSSR count). The Morgan fingerprint density at radius 2 is 1.71 bits per heavy atom. The maximum atomic E-state index is 13.1. The summed E-state index contributed by atoms with van der Waals surface area (Å²) in [5, 5.41) is 0.723. The van der Waals surface area contributed by atoms with Gasteiger partial charge in [0.25, 0.3) is 5.91 Å². The van der Waals surface area contributed by atoms with Gasteiger partial charge in [-0.1, -0.05) is 17.4 Å². The van der Waals surface area contributed by atoms with Crippen LogP contribution in [0.2, 0.25) is 0 Å². The zero-order valence-corrected chi connectivity index (χ0v) is 20.3. The van der Waals surface area contributed by atoms with Crippen LogP contribution in [-0.2, 0) is 4.79 Å². The highest BCUT2D eigenvalue weighted by Crippen LogP contribution is 2.32. The minimum absolute atomic E-state index is 0. The van der Waals surface area contributed by atoms with Gasteiger partial charge in [-0.3, -0.25) is 9.69 Å². The quantitative estimate of drug-likeness (QED) is 0.460. The van der Waals surface area contributed by atoms with Crippen LogP contribution in [0.5, 0.6) is 11.5 Å². The van der Waals surface area contributed by atoms with E-state index in [1.807, 2.05) is 26.2 Å². The second-order valence-electron chi connectivity index (χ2n) is 7.52. The third-order valence-corrected chi connectivity index (χ3v) is 6.06. The SMILES string of the molecule is COc1ccc(OCC(=O)N(CCCN(C)C)c2nc3c(C)c(C)ccc3s2)cc1.Cl. The largest absolute Gasteiger partial charge is 0.497 e. The molecule has 0 aliphatic heterocycles. The van der Waals surface area contributed by atoms with Crippen LogP contribution in [0.1, 0.15) is 17.5 Å². The van der Waals surface area contributed by atoms with E-state index in [9.17, 15) is 4.79 Å². The maximum Gasteiger partial charge on any atom is 0.266 e. The van der Waals surface area contributed by atoms with Crippen molar-refractivity contribution in [3.05, 3.63) is 47.5 Å². The Balaban J connectivity index is 0.00000341. The first kappa shape index (κ1) is 24.9. The molecular weight excluding hydrogens is 434 g/mol. The van der Waals surface area contributed by atoms with Gasteiger partial charge in [-0.15, -0.1) is 12.4 Å². The number of nitrogens with zero attached hydrogens (tertiary/aromatic N) is 3. The standard InChI is InChI=1S/C23H29N3O3S.ClH/c1-16-7-12-20-22(17(16)2)24-23(30-20)26(14-6-13-25(3)4)21(27)15-29-19-10-8-18(28-5)9-11-19;/h7-12H,6,13-15H2,1-5H3;1H. The average molecular weight is 464 g/mol. The molecule has 0 aliphatic carbocycles. The van der Waals surface area contributed by atoms with E-state index < -0.39 is 0 Å². The Labute approximate surface area is 194 Å². The number of thiazole rings is 1. The molecule has 0 spiro atoms. The molecule has 0 aliphatic rings. The van der Waals surface area contributed by atoms with Crippen molar-refractivity contribution in [3.63, 3.8) is 0 Å². The fourth-order valence-electron chi connectivity index (χ4n) is 3.10. The van der Waals surface area contributed by atoms with Crippen molar-refractivity contribution in [1.82, 2.24) is 9.88 Å². The summed E-state index contributed by atoms with van der Waals surface area (Å²) in [6.07, 6.45) is 0.856. The third kappa shape index (κ3) is 6.32. The van der Waals surface area contributed by atoms with E-state index in [1.165, 1.54) is 5.56 Å². The van der Waals surface area contributed by atoms with Crippen molar-refractivity contribution in [1.29, 1.82) is 0 Å². The van der Waals surface area contributed by atoms with Crippen molar-refractivity contribution in [3.8, 4) is 11.5 Å². The van der Waals surface area contributed by atoms with Gasteiger partial charge < -0.3 is 14.4 Å². The number of halogens is 1. The Hall–Kier alpha value is -2.35. The molecule has 31 heavy (non-hydrogen) atoms. The Kier molecular flexibility index (Phi) is 9.10. The van der Waals surface area contributed by atoms with Gasteiger partial charge in [-0.25, -0.2) is 4.98 Å². The number of amides is 1. The number of hydrogen-bond acceptors (Lipinski definition) is 6. The monoisotopic (exact) mass is 463 g/mol. The molecule has 0 bridgehead atoms. The van der Waals surface area contributed by atoms with Gasteiger partial charge in [-0.05, 0) is 82.4 Å². The van der Waals surface area contributed by atoms with Crippen LogP contribution in [0.4, 0.5) is 5.13 Å². The highest BCUT2D eigenvalue weighted by atomic mass is 35.5. The molecule has 0 N–H and O–H groups in total. The van der Waals surface area contributed by atoms with Gasteiger partial charge in [0.1, 0.15) is 11.5 Å². The summed E-state index contributed by atoms with van der Waals surface area (Å²) < 4.78 is 12.0. The molecule has 1 aromatic heterocycles. The second kappa shape index (κ2) is 11.3. The number of ether oxygens (including phenoxy) is 2. The molecule has 0 saturated carbocycles. The van der Waals surface area contributed by atoms with Crippen LogP contribution in [0.15, 0.2) is 36.4 Å². The van der Waals surface area contributed by atoms with Crippen molar-refractivity contribution < 1.29 is 14.3 Å². The second-order valence-corrected chi connectivity index (χ2v) is 8.53. The Morgan fingerprint density at radius 1 is 1.03 bits per heavy atom. The van der Waals surface area contributed by atoms with E-state index in [2.05, 4.69) is 30.9 Å². The number of aryl methyl sites for hydroxylation is 2. The third-order valence-electron chi connectivity index (χ3n) is 5.01. The van der Waals surface area contributed by atoms with E-state index in [0.29, 0.717) is 12.3 Å². The van der Waals surface area contributed by atoms with Crippen LogP contribution < -0.4 is 14.4 Å². The highest BCUT2D eigenvalue weighted by molar-refractivity contribution is 7.22. The molecule has 8 heteroatoms. The molecule has 0 fully saturated rings. The maximum absolute atomic E-state index is 13.1. The predicted octanol–water partition coefficient (Wildman–Crippen LogP) is 4.71. The number of fused-ring (bicyclic) bond motifs is 1. The summed E-state index contributed by atoms with van der Waals surface area (Å²) in [6, 6.07) is 11.4.